The lowest BCUT2D eigenvalue weighted by molar-refractivity contribution is -0.146. The number of carbonyl (C=O) groups excluding carboxylic acids is 7. The summed E-state index contributed by atoms with van der Waals surface area (Å²) in [5, 5.41) is 42.4. The van der Waals surface area contributed by atoms with Crippen LogP contribution < -0.4 is 31.9 Å². The number of aliphatic carboxylic acids is 3. The quantitative estimate of drug-likeness (QED) is 0.0748. The number of carboxylic acids is 3. The fourth-order valence-corrected chi connectivity index (χ4v) is 7.22. The van der Waals surface area contributed by atoms with E-state index in [2.05, 4.69) is 31.9 Å². The zero-order valence-electron chi connectivity index (χ0n) is 35.6. The van der Waals surface area contributed by atoms with Crippen molar-refractivity contribution in [2.24, 2.45) is 11.8 Å². The molecular weight excluding hydrogens is 788 g/mol. The highest BCUT2D eigenvalue weighted by Gasteiger charge is 2.43. The zero-order chi connectivity index (χ0) is 45.4. The van der Waals surface area contributed by atoms with E-state index in [0.717, 1.165) is 13.3 Å². The van der Waals surface area contributed by atoms with Gasteiger partial charge >= 0.3 is 11.9 Å². The van der Waals surface area contributed by atoms with Crippen LogP contribution in [0.3, 0.4) is 0 Å². The molecule has 60 heavy (non-hydrogen) atoms. The molecule has 9 N–H and O–H groups in total. The molecule has 3 saturated heterocycles. The maximum absolute atomic E-state index is 13.9. The second-order valence-electron chi connectivity index (χ2n) is 16.3. The highest BCUT2D eigenvalue weighted by molar-refractivity contribution is 5.98. The fraction of sp³-hybridized carbons (Fsp3) is 0.744. The van der Waals surface area contributed by atoms with Crippen LogP contribution in [0, 0.1) is 11.8 Å². The molecule has 0 aromatic heterocycles. The Morgan fingerprint density at radius 2 is 1.15 bits per heavy atom. The van der Waals surface area contributed by atoms with E-state index >= 15 is 0 Å². The van der Waals surface area contributed by atoms with Crippen molar-refractivity contribution in [2.75, 3.05) is 19.6 Å². The summed E-state index contributed by atoms with van der Waals surface area (Å²) in [6.07, 6.45) is 2.32. The minimum absolute atomic E-state index is 0.00491. The van der Waals surface area contributed by atoms with Gasteiger partial charge in [0.1, 0.15) is 42.3 Å². The van der Waals surface area contributed by atoms with Crippen LogP contribution in [0.15, 0.2) is 0 Å². The van der Waals surface area contributed by atoms with E-state index in [1.54, 1.807) is 13.8 Å². The molecule has 0 saturated carbocycles. The van der Waals surface area contributed by atoms with Crippen LogP contribution in [0.4, 0.5) is 0 Å². The number of nitrogens with zero attached hydrogens (tertiary/aromatic N) is 2. The van der Waals surface area contributed by atoms with Crippen LogP contribution in [0.2, 0.25) is 0 Å². The Morgan fingerprint density at radius 1 is 0.633 bits per heavy atom. The molecule has 3 rings (SSSR count). The van der Waals surface area contributed by atoms with Gasteiger partial charge in [-0.1, -0.05) is 27.7 Å². The van der Waals surface area contributed by atoms with Gasteiger partial charge in [-0.15, -0.1) is 0 Å². The predicted octanol–water partition coefficient (Wildman–Crippen LogP) is -1.07. The molecule has 0 radical (unpaired) electrons. The molecule has 0 aliphatic carbocycles. The summed E-state index contributed by atoms with van der Waals surface area (Å²) in [4.78, 5) is 128. The molecule has 0 unspecified atom stereocenters. The van der Waals surface area contributed by atoms with Crippen molar-refractivity contribution in [3.63, 3.8) is 0 Å². The zero-order valence-corrected chi connectivity index (χ0v) is 35.6. The summed E-state index contributed by atoms with van der Waals surface area (Å²) >= 11 is 0. The third-order valence-corrected chi connectivity index (χ3v) is 10.4. The summed E-state index contributed by atoms with van der Waals surface area (Å²) in [5.74, 6) is -7.92. The van der Waals surface area contributed by atoms with Crippen LogP contribution in [-0.2, 0) is 47.9 Å². The molecule has 0 spiro atoms. The lowest BCUT2D eigenvalue weighted by Gasteiger charge is -2.33. The predicted molar refractivity (Wildman–Crippen MR) is 214 cm³/mol. The van der Waals surface area contributed by atoms with Gasteiger partial charge in [0, 0.05) is 26.4 Å². The molecular formula is C39H64N8O13. The third-order valence-electron chi connectivity index (χ3n) is 10.4. The standard InChI is InChI=1S/C37H60N8O11.C2H4O2/c1-19(2)18-25(37(55)56)42-33(51)26-11-9-17-45(26)36(54)29(20(3)4)43-34(52)27-12-8-16-44(27)35(53)24(13-14-28(46)47)41-31(49)22(6)39-30(48)21(5)40-32(50)23-10-7-15-38-23;1-2(3)4/h19-27,29,38H,7-18H2,1-6H3,(H,39,48)(H,40,50)(H,41,49)(H,42,51)(H,43,52)(H,46,47)(H,55,56);1H3,(H,3,4)/t21-,22-,23-,24-,25-,26-,27-,29-;/m0./s1. The molecule has 338 valence electrons. The second-order valence-corrected chi connectivity index (χ2v) is 16.3. The normalized spacial score (nSPS) is 21.1. The molecule has 3 heterocycles. The van der Waals surface area contributed by atoms with Gasteiger partial charge in [0.25, 0.3) is 5.97 Å². The third kappa shape index (κ3) is 15.7. The number of likely N-dealkylation sites (tertiary alicyclic amines) is 2. The van der Waals surface area contributed by atoms with E-state index in [1.807, 2.05) is 13.8 Å². The van der Waals surface area contributed by atoms with E-state index in [-0.39, 0.29) is 44.2 Å². The first-order valence-corrected chi connectivity index (χ1v) is 20.6. The number of carboxylic acid groups (broad SMARTS) is 3. The Hall–Kier alpha value is -5.34. The van der Waals surface area contributed by atoms with Crippen molar-refractivity contribution >= 4 is 59.3 Å². The lowest BCUT2D eigenvalue weighted by atomic mass is 10.0. The van der Waals surface area contributed by atoms with Crippen molar-refractivity contribution < 1.29 is 63.3 Å². The summed E-state index contributed by atoms with van der Waals surface area (Å²) in [6.45, 7) is 12.1. The number of hydrogen-bond acceptors (Lipinski definition) is 11. The number of amides is 7. The average Bonchev–Trinajstić information content (AvgIpc) is 3.96. The molecule has 21 nitrogen and oxygen atoms in total. The van der Waals surface area contributed by atoms with Crippen molar-refractivity contribution in [2.45, 2.75) is 155 Å². The van der Waals surface area contributed by atoms with Crippen LogP contribution >= 0.6 is 0 Å². The van der Waals surface area contributed by atoms with Crippen LogP contribution in [0.1, 0.15) is 106 Å². The van der Waals surface area contributed by atoms with Crippen LogP contribution in [0.5, 0.6) is 0 Å². The van der Waals surface area contributed by atoms with E-state index in [9.17, 15) is 53.4 Å². The first-order chi connectivity index (χ1) is 28.0. The van der Waals surface area contributed by atoms with Gasteiger partial charge in [0.05, 0.1) is 6.04 Å². The minimum atomic E-state index is -1.37. The largest absolute Gasteiger partial charge is 0.481 e. The van der Waals surface area contributed by atoms with Crippen molar-refractivity contribution in [3.05, 3.63) is 0 Å². The Balaban J connectivity index is 0.00000296. The maximum atomic E-state index is 13.9. The lowest BCUT2D eigenvalue weighted by Crippen LogP contribution is -2.60. The van der Waals surface area contributed by atoms with Crippen LogP contribution in [-0.4, -0.2) is 152 Å². The average molecular weight is 853 g/mol. The van der Waals surface area contributed by atoms with Gasteiger partial charge in [-0.25, -0.2) is 4.79 Å². The van der Waals surface area contributed by atoms with E-state index < -0.39 is 114 Å². The molecule has 0 aromatic rings. The maximum Gasteiger partial charge on any atom is 0.326 e. The molecule has 0 aromatic carbocycles. The first-order valence-electron chi connectivity index (χ1n) is 20.6. The summed E-state index contributed by atoms with van der Waals surface area (Å²) in [6, 6.07) is -8.12. The topological polar surface area (TPSA) is 310 Å². The highest BCUT2D eigenvalue weighted by atomic mass is 16.4. The minimum Gasteiger partial charge on any atom is -0.481 e. The first kappa shape index (κ1) is 50.8. The Kier molecular flexibility index (Phi) is 20.4. The van der Waals surface area contributed by atoms with Crippen molar-refractivity contribution in [3.8, 4) is 0 Å². The molecule has 3 aliphatic rings. The summed E-state index contributed by atoms with van der Waals surface area (Å²) in [7, 11) is 0. The number of nitrogens with one attached hydrogen (secondary N) is 6. The number of hydrogen-bond donors (Lipinski definition) is 9. The summed E-state index contributed by atoms with van der Waals surface area (Å²) in [5.41, 5.74) is 0. The second kappa shape index (κ2) is 24.0. The molecule has 3 aliphatic heterocycles. The Morgan fingerprint density at radius 3 is 1.63 bits per heavy atom. The number of rotatable bonds is 19. The molecule has 0 bridgehead atoms. The smallest absolute Gasteiger partial charge is 0.326 e. The van der Waals surface area contributed by atoms with Gasteiger partial charge in [-0.3, -0.25) is 43.2 Å². The Labute approximate surface area is 349 Å². The number of carbonyl (C=O) groups is 10. The molecule has 21 heteroatoms. The van der Waals surface area contributed by atoms with Gasteiger partial charge < -0.3 is 57.0 Å². The molecule has 3 fully saturated rings. The van der Waals surface area contributed by atoms with Gasteiger partial charge in [-0.05, 0) is 83.6 Å². The van der Waals surface area contributed by atoms with E-state index in [1.165, 1.54) is 23.6 Å². The Bertz CT molecular complexity index is 1580. The van der Waals surface area contributed by atoms with E-state index in [0.29, 0.717) is 32.2 Å². The molecule has 8 atom stereocenters. The van der Waals surface area contributed by atoms with Gasteiger partial charge in [-0.2, -0.15) is 0 Å². The van der Waals surface area contributed by atoms with Gasteiger partial charge in [0.15, 0.2) is 0 Å². The SMILES string of the molecule is CC(=O)O.CC(C)C[C@H](NC(=O)[C@@H]1CCCN1C(=O)[C@@H](NC(=O)[C@@H]1CCCN1C(=O)[C@H](CCC(=O)O)NC(=O)[C@H](C)NC(=O)[C@H](C)NC(=O)[C@@H]1CCCN1)C(C)C)C(=O)O. The highest BCUT2D eigenvalue weighted by Crippen LogP contribution is 2.24. The monoisotopic (exact) mass is 852 g/mol. The summed E-state index contributed by atoms with van der Waals surface area (Å²) < 4.78 is 0. The van der Waals surface area contributed by atoms with Crippen molar-refractivity contribution in [1.29, 1.82) is 0 Å². The van der Waals surface area contributed by atoms with Gasteiger partial charge in [0.2, 0.25) is 41.4 Å². The van der Waals surface area contributed by atoms with Crippen molar-refractivity contribution in [1.82, 2.24) is 41.7 Å². The van der Waals surface area contributed by atoms with Crippen LogP contribution in [0.25, 0.3) is 0 Å². The van der Waals surface area contributed by atoms with E-state index in [4.69, 9.17) is 9.90 Å². The fourth-order valence-electron chi connectivity index (χ4n) is 7.22. The molecule has 7 amide bonds.